The quantitative estimate of drug-likeness (QED) is 0.796. The predicted molar refractivity (Wildman–Crippen MR) is 77.1 cm³/mol. The van der Waals surface area contributed by atoms with Crippen molar-refractivity contribution in [1.82, 2.24) is 10.2 Å². The third-order valence-corrected chi connectivity index (χ3v) is 4.24. The molecule has 100 valence electrons. The van der Waals surface area contributed by atoms with Crippen LogP contribution in [0.2, 0.25) is 0 Å². The van der Waals surface area contributed by atoms with Crippen LogP contribution in [0.15, 0.2) is 29.2 Å². The highest BCUT2D eigenvalue weighted by atomic mass is 32.2. The van der Waals surface area contributed by atoms with Crippen LogP contribution in [-0.4, -0.2) is 48.5 Å². The number of benzene rings is 1. The molecule has 18 heavy (non-hydrogen) atoms. The molecule has 1 aromatic carbocycles. The minimum atomic E-state index is 0.146. The molecule has 4 heteroatoms. The van der Waals surface area contributed by atoms with Crippen LogP contribution < -0.4 is 5.32 Å². The molecule has 0 aromatic heterocycles. The van der Waals surface area contributed by atoms with Crippen LogP contribution in [0.5, 0.6) is 0 Å². The Morgan fingerprint density at radius 3 is 2.50 bits per heavy atom. The summed E-state index contributed by atoms with van der Waals surface area (Å²) in [5.74, 6) is 1.10. The lowest BCUT2D eigenvalue weighted by Crippen LogP contribution is -2.46. The largest absolute Gasteiger partial charge is 0.394 e. The number of aliphatic hydroxyl groups excluding tert-OH is 1. The Bertz CT molecular complexity index is 349. The van der Waals surface area contributed by atoms with Crippen molar-refractivity contribution in [2.24, 2.45) is 0 Å². The van der Waals surface area contributed by atoms with Gasteiger partial charge in [-0.25, -0.2) is 0 Å². The van der Waals surface area contributed by atoms with Crippen LogP contribution in [0, 0.1) is 0 Å². The van der Waals surface area contributed by atoms with E-state index in [1.165, 1.54) is 10.5 Å². The molecule has 0 unspecified atom stereocenters. The van der Waals surface area contributed by atoms with E-state index in [9.17, 15) is 5.11 Å². The van der Waals surface area contributed by atoms with E-state index in [0.717, 1.165) is 31.9 Å². The zero-order valence-electron chi connectivity index (χ0n) is 10.9. The van der Waals surface area contributed by atoms with Gasteiger partial charge >= 0.3 is 0 Å². The summed E-state index contributed by atoms with van der Waals surface area (Å²) in [5.41, 5.74) is 1.22. The number of thioether (sulfide) groups is 1. The lowest BCUT2D eigenvalue weighted by molar-refractivity contribution is 0.111. The number of hydrogen-bond donors (Lipinski definition) is 2. The fourth-order valence-electron chi connectivity index (χ4n) is 2.38. The minimum Gasteiger partial charge on any atom is -0.394 e. The summed E-state index contributed by atoms with van der Waals surface area (Å²) < 4.78 is 0. The van der Waals surface area contributed by atoms with Gasteiger partial charge in [0.1, 0.15) is 0 Å². The fraction of sp³-hybridized carbons (Fsp3) is 0.571. The lowest BCUT2D eigenvalue weighted by Gasteiger charge is -2.34. The Labute approximate surface area is 114 Å². The molecule has 1 aliphatic rings. The SMILES string of the molecule is CCSc1ccc([C@H](CO)N2CCNCC2)cc1. The van der Waals surface area contributed by atoms with Crippen molar-refractivity contribution in [2.75, 3.05) is 38.5 Å². The Balaban J connectivity index is 2.06. The van der Waals surface area contributed by atoms with Gasteiger partial charge in [-0.05, 0) is 23.4 Å². The maximum atomic E-state index is 9.64. The van der Waals surface area contributed by atoms with Gasteiger partial charge in [0.05, 0.1) is 12.6 Å². The molecule has 1 fully saturated rings. The first-order chi connectivity index (χ1) is 8.85. The van der Waals surface area contributed by atoms with Crippen molar-refractivity contribution < 1.29 is 5.11 Å². The van der Waals surface area contributed by atoms with Gasteiger partial charge in [-0.2, -0.15) is 0 Å². The highest BCUT2D eigenvalue weighted by Gasteiger charge is 2.21. The van der Waals surface area contributed by atoms with Crippen LogP contribution in [0.25, 0.3) is 0 Å². The molecule has 1 aromatic rings. The molecule has 0 spiro atoms. The molecule has 1 atom stereocenters. The van der Waals surface area contributed by atoms with Crippen LogP contribution in [0.3, 0.4) is 0 Å². The fourth-order valence-corrected chi connectivity index (χ4v) is 3.04. The summed E-state index contributed by atoms with van der Waals surface area (Å²) in [4.78, 5) is 3.66. The molecule has 0 amide bonds. The van der Waals surface area contributed by atoms with Crippen LogP contribution in [0.1, 0.15) is 18.5 Å². The van der Waals surface area contributed by atoms with Crippen molar-refractivity contribution in [1.29, 1.82) is 0 Å². The van der Waals surface area contributed by atoms with Gasteiger partial charge < -0.3 is 10.4 Å². The van der Waals surface area contributed by atoms with E-state index in [1.54, 1.807) is 0 Å². The molecule has 1 saturated heterocycles. The smallest absolute Gasteiger partial charge is 0.0628 e. The summed E-state index contributed by atoms with van der Waals surface area (Å²) in [7, 11) is 0. The third kappa shape index (κ3) is 3.48. The molecular weight excluding hydrogens is 244 g/mol. The molecule has 1 aliphatic heterocycles. The average molecular weight is 266 g/mol. The Hall–Kier alpha value is -0.550. The molecule has 2 rings (SSSR count). The summed E-state index contributed by atoms with van der Waals surface area (Å²) in [6.45, 7) is 6.41. The minimum absolute atomic E-state index is 0.146. The first kappa shape index (κ1) is 13.9. The van der Waals surface area contributed by atoms with Crippen molar-refractivity contribution >= 4 is 11.8 Å². The summed E-state index contributed by atoms with van der Waals surface area (Å²) >= 11 is 1.85. The first-order valence-electron chi connectivity index (χ1n) is 6.63. The van der Waals surface area contributed by atoms with Crippen LogP contribution in [0.4, 0.5) is 0 Å². The number of piperazine rings is 1. The van der Waals surface area contributed by atoms with E-state index in [0.29, 0.717) is 0 Å². The third-order valence-electron chi connectivity index (χ3n) is 3.34. The first-order valence-corrected chi connectivity index (χ1v) is 7.62. The molecule has 1 heterocycles. The summed E-state index contributed by atoms with van der Waals surface area (Å²) in [6, 6.07) is 8.78. The van der Waals surface area contributed by atoms with Crippen molar-refractivity contribution in [3.63, 3.8) is 0 Å². The highest BCUT2D eigenvalue weighted by molar-refractivity contribution is 7.99. The van der Waals surface area contributed by atoms with Gasteiger partial charge in [-0.15, -0.1) is 11.8 Å². The number of nitrogens with one attached hydrogen (secondary N) is 1. The second kappa shape index (κ2) is 7.14. The highest BCUT2D eigenvalue weighted by Crippen LogP contribution is 2.24. The van der Waals surface area contributed by atoms with Gasteiger partial charge in [0, 0.05) is 31.1 Å². The van der Waals surface area contributed by atoms with E-state index in [1.807, 2.05) is 11.8 Å². The Morgan fingerprint density at radius 2 is 1.94 bits per heavy atom. The number of hydrogen-bond acceptors (Lipinski definition) is 4. The molecular formula is C14H22N2OS. The molecule has 0 bridgehead atoms. The van der Waals surface area contributed by atoms with E-state index < -0.39 is 0 Å². The van der Waals surface area contributed by atoms with Crippen molar-refractivity contribution in [2.45, 2.75) is 17.9 Å². The Morgan fingerprint density at radius 1 is 1.28 bits per heavy atom. The molecule has 0 aliphatic carbocycles. The maximum absolute atomic E-state index is 9.64. The lowest BCUT2D eigenvalue weighted by atomic mass is 10.1. The predicted octanol–water partition coefficient (Wildman–Crippen LogP) is 1.74. The van der Waals surface area contributed by atoms with Gasteiger partial charge in [-0.3, -0.25) is 4.90 Å². The molecule has 0 saturated carbocycles. The van der Waals surface area contributed by atoms with E-state index >= 15 is 0 Å². The van der Waals surface area contributed by atoms with Crippen molar-refractivity contribution in [3.8, 4) is 0 Å². The summed E-state index contributed by atoms with van der Waals surface area (Å²) in [5, 5.41) is 13.0. The number of rotatable bonds is 5. The van der Waals surface area contributed by atoms with Crippen molar-refractivity contribution in [3.05, 3.63) is 29.8 Å². The van der Waals surface area contributed by atoms with Gasteiger partial charge in [-0.1, -0.05) is 19.1 Å². The number of nitrogens with zero attached hydrogens (tertiary/aromatic N) is 1. The second-order valence-electron chi connectivity index (χ2n) is 4.49. The number of aliphatic hydroxyl groups is 1. The van der Waals surface area contributed by atoms with Crippen LogP contribution in [-0.2, 0) is 0 Å². The van der Waals surface area contributed by atoms with E-state index in [-0.39, 0.29) is 12.6 Å². The zero-order valence-corrected chi connectivity index (χ0v) is 11.7. The van der Waals surface area contributed by atoms with Gasteiger partial charge in [0.25, 0.3) is 0 Å². The average Bonchev–Trinajstić information content (AvgIpc) is 2.43. The molecule has 2 N–H and O–H groups in total. The monoisotopic (exact) mass is 266 g/mol. The molecule has 0 radical (unpaired) electrons. The maximum Gasteiger partial charge on any atom is 0.0628 e. The van der Waals surface area contributed by atoms with Crippen LogP contribution >= 0.6 is 11.8 Å². The Kier molecular flexibility index (Phi) is 5.50. The zero-order chi connectivity index (χ0) is 12.8. The van der Waals surface area contributed by atoms with Gasteiger partial charge in [0.2, 0.25) is 0 Å². The van der Waals surface area contributed by atoms with E-state index in [4.69, 9.17) is 0 Å². The summed E-state index contributed by atoms with van der Waals surface area (Å²) in [6.07, 6.45) is 0. The van der Waals surface area contributed by atoms with E-state index in [2.05, 4.69) is 41.4 Å². The van der Waals surface area contributed by atoms with Gasteiger partial charge in [0.15, 0.2) is 0 Å². The normalized spacial score (nSPS) is 18.8. The topological polar surface area (TPSA) is 35.5 Å². The second-order valence-corrected chi connectivity index (χ2v) is 5.82. The molecule has 3 nitrogen and oxygen atoms in total. The standard InChI is InChI=1S/C14H22N2OS/c1-2-18-13-5-3-12(4-6-13)14(11-17)16-9-7-15-8-10-16/h3-6,14-15,17H,2,7-11H2,1H3/t14-/m0/s1.